The Balaban J connectivity index is 1.52. The molecule has 6 rings (SSSR count). The first-order valence-corrected chi connectivity index (χ1v) is 13.8. The summed E-state index contributed by atoms with van der Waals surface area (Å²) in [5.74, 6) is -0.808. The van der Waals surface area contributed by atoms with E-state index in [4.69, 9.17) is 20.9 Å². The minimum Gasteiger partial charge on any atom is -0.454 e. The smallest absolute Gasteiger partial charge is 0.273 e. The highest BCUT2D eigenvalue weighted by Gasteiger charge is 2.38. The van der Waals surface area contributed by atoms with Crippen LogP contribution in [0.25, 0.3) is 10.9 Å². The van der Waals surface area contributed by atoms with Crippen LogP contribution in [0.4, 0.5) is 11.4 Å². The van der Waals surface area contributed by atoms with E-state index in [1.165, 1.54) is 4.90 Å². The summed E-state index contributed by atoms with van der Waals surface area (Å²) in [6, 6.07) is 11.5. The number of nitrogens with two attached hydrogens (primary N) is 2. The van der Waals surface area contributed by atoms with Crippen LogP contribution in [0.2, 0.25) is 0 Å². The molecule has 4 aromatic rings. The Hall–Kier alpha value is -4.58. The van der Waals surface area contributed by atoms with Gasteiger partial charge in [-0.1, -0.05) is 37.5 Å². The van der Waals surface area contributed by atoms with Gasteiger partial charge in [0.2, 0.25) is 12.7 Å². The van der Waals surface area contributed by atoms with Crippen LogP contribution in [0.15, 0.2) is 48.7 Å². The van der Waals surface area contributed by atoms with Gasteiger partial charge in [-0.3, -0.25) is 19.3 Å². The number of fused-ring (bicyclic) bond motifs is 2. The van der Waals surface area contributed by atoms with E-state index in [-0.39, 0.29) is 35.0 Å². The van der Waals surface area contributed by atoms with Crippen LogP contribution in [0.3, 0.4) is 0 Å². The molecule has 1 aliphatic heterocycles. The summed E-state index contributed by atoms with van der Waals surface area (Å²) in [6.45, 7) is 0.0462. The number of benzene rings is 2. The molecule has 1 fully saturated rings. The zero-order chi connectivity index (χ0) is 27.8. The molecule has 0 spiro atoms. The lowest BCUT2D eigenvalue weighted by Gasteiger charge is -2.33. The molecule has 40 heavy (non-hydrogen) atoms. The zero-order valence-corrected chi connectivity index (χ0v) is 22.3. The molecule has 0 saturated heterocycles. The predicted octanol–water partition coefficient (Wildman–Crippen LogP) is 3.87. The number of rotatable bonds is 7. The number of nitrogens with zero attached hydrogens (tertiary/aromatic N) is 2. The van der Waals surface area contributed by atoms with Crippen molar-refractivity contribution < 1.29 is 23.9 Å². The van der Waals surface area contributed by atoms with E-state index in [0.717, 1.165) is 54.5 Å². The number of amides is 3. The largest absolute Gasteiger partial charge is 0.454 e. The molecule has 2 aliphatic rings. The molecule has 11 nitrogen and oxygen atoms in total. The molecule has 1 saturated carbocycles. The number of nitrogens with one attached hydrogen (secondary N) is 2. The number of hydrogen-bond acceptors (Lipinski definition) is 8. The third-order valence-electron chi connectivity index (χ3n) is 7.38. The number of nitrogen functional groups attached to an aromatic ring is 1. The fraction of sp³-hybridized carbons (Fsp3) is 0.286. The van der Waals surface area contributed by atoms with Gasteiger partial charge in [0.15, 0.2) is 17.2 Å². The molecule has 1 atom stereocenters. The molecular weight excluding hydrogens is 532 g/mol. The number of anilines is 2. The predicted molar refractivity (Wildman–Crippen MR) is 150 cm³/mol. The molecule has 2 aromatic carbocycles. The van der Waals surface area contributed by atoms with Gasteiger partial charge >= 0.3 is 0 Å². The third-order valence-corrected chi connectivity index (χ3v) is 8.23. The number of carbonyl (C=O) groups is 3. The molecule has 1 aliphatic carbocycles. The number of aromatic amines is 1. The highest BCUT2D eigenvalue weighted by Crippen LogP contribution is 2.41. The second kappa shape index (κ2) is 10.5. The molecule has 6 N–H and O–H groups in total. The van der Waals surface area contributed by atoms with Gasteiger partial charge in [-0.05, 0) is 42.6 Å². The number of primary amides is 1. The van der Waals surface area contributed by atoms with Crippen molar-refractivity contribution in [3.05, 3.63) is 64.8 Å². The Morgan fingerprint density at radius 1 is 1.07 bits per heavy atom. The van der Waals surface area contributed by atoms with Crippen molar-refractivity contribution in [3.63, 3.8) is 0 Å². The Morgan fingerprint density at radius 3 is 2.62 bits per heavy atom. The molecule has 0 radical (unpaired) electrons. The van der Waals surface area contributed by atoms with Gasteiger partial charge in [-0.25, -0.2) is 0 Å². The molecule has 3 amide bonds. The van der Waals surface area contributed by atoms with Crippen LogP contribution < -0.4 is 31.2 Å². The molecule has 2 aromatic heterocycles. The average molecular weight is 561 g/mol. The van der Waals surface area contributed by atoms with Gasteiger partial charge < -0.3 is 31.2 Å². The van der Waals surface area contributed by atoms with Crippen LogP contribution in [-0.4, -0.2) is 39.9 Å². The van der Waals surface area contributed by atoms with Gasteiger partial charge in [0.1, 0.15) is 10.9 Å². The summed E-state index contributed by atoms with van der Waals surface area (Å²) in [5.41, 5.74) is 13.1. The highest BCUT2D eigenvalue weighted by molar-refractivity contribution is 7.09. The summed E-state index contributed by atoms with van der Waals surface area (Å²) in [6.07, 6.45) is 6.67. The Labute approximate surface area is 233 Å². The van der Waals surface area contributed by atoms with E-state index in [9.17, 15) is 14.4 Å². The van der Waals surface area contributed by atoms with Gasteiger partial charge in [-0.2, -0.15) is 4.37 Å². The van der Waals surface area contributed by atoms with Crippen molar-refractivity contribution in [3.8, 4) is 11.5 Å². The second-order valence-corrected chi connectivity index (χ2v) is 10.7. The van der Waals surface area contributed by atoms with Crippen LogP contribution in [0, 0.1) is 0 Å². The first-order chi connectivity index (χ1) is 19.4. The number of para-hydroxylation sites is 1. The lowest BCUT2D eigenvalue weighted by atomic mass is 9.94. The quantitative estimate of drug-likeness (QED) is 0.266. The van der Waals surface area contributed by atoms with Gasteiger partial charge in [0.05, 0.1) is 5.69 Å². The van der Waals surface area contributed by atoms with Crippen molar-refractivity contribution in [1.82, 2.24) is 14.7 Å². The maximum atomic E-state index is 14.4. The van der Waals surface area contributed by atoms with Gasteiger partial charge in [0.25, 0.3) is 11.8 Å². The van der Waals surface area contributed by atoms with E-state index < -0.39 is 17.9 Å². The number of carbonyl (C=O) groups excluding carboxylic acids is 3. The van der Waals surface area contributed by atoms with Crippen molar-refractivity contribution in [1.29, 1.82) is 0 Å². The normalized spacial score (nSPS) is 15.6. The van der Waals surface area contributed by atoms with Gasteiger partial charge in [-0.15, -0.1) is 0 Å². The lowest BCUT2D eigenvalue weighted by molar-refractivity contribution is -0.123. The number of ether oxygens (including phenoxy) is 2. The lowest BCUT2D eigenvalue weighted by Crippen LogP contribution is -2.47. The SMILES string of the molecule is NC(=O)c1nsc(C(=O)N(c2ccc3c(c2)OCO3)[C@H](C(=O)NC2CCCCC2)c2c[nH]c3ccccc23)c1N. The monoisotopic (exact) mass is 560 g/mol. The van der Waals surface area contributed by atoms with Crippen LogP contribution >= 0.6 is 11.5 Å². The summed E-state index contributed by atoms with van der Waals surface area (Å²) in [5, 5.41) is 3.99. The number of H-pyrrole nitrogens is 1. The average Bonchev–Trinajstić information content (AvgIpc) is 3.69. The molecular formula is C28H28N6O5S. The van der Waals surface area contributed by atoms with Crippen molar-refractivity contribution in [2.75, 3.05) is 17.4 Å². The van der Waals surface area contributed by atoms with Crippen molar-refractivity contribution >= 4 is 51.5 Å². The summed E-state index contributed by atoms with van der Waals surface area (Å²) in [7, 11) is 0. The standard InChI is InChI=1S/C28H28N6O5S/c29-22-23(26(30)35)33-40-25(22)28(37)34(16-10-11-20-21(12-16)39-14-38-20)24(27(36)32-15-6-2-1-3-7-15)18-13-31-19-9-5-4-8-17(18)19/h4-5,8-13,15,24,31H,1-3,6-7,14,29H2,(H2,30,35)(H,32,36)/t24-/m0/s1. The zero-order valence-electron chi connectivity index (χ0n) is 21.5. The second-order valence-electron chi connectivity index (χ2n) is 9.89. The Morgan fingerprint density at radius 2 is 1.85 bits per heavy atom. The maximum absolute atomic E-state index is 14.4. The van der Waals surface area contributed by atoms with Crippen molar-refractivity contribution in [2.24, 2.45) is 5.73 Å². The molecule has 3 heterocycles. The topological polar surface area (TPSA) is 166 Å². The van der Waals surface area contributed by atoms with Crippen LogP contribution in [0.1, 0.15) is 63.9 Å². The molecule has 0 unspecified atom stereocenters. The van der Waals surface area contributed by atoms with Crippen molar-refractivity contribution in [2.45, 2.75) is 44.2 Å². The van der Waals surface area contributed by atoms with Crippen LogP contribution in [-0.2, 0) is 4.79 Å². The van der Waals surface area contributed by atoms with Crippen LogP contribution in [0.5, 0.6) is 11.5 Å². The number of aromatic nitrogens is 2. The molecule has 12 heteroatoms. The minimum absolute atomic E-state index is 0.00164. The van der Waals surface area contributed by atoms with E-state index in [1.807, 2.05) is 24.3 Å². The molecule has 0 bridgehead atoms. The first kappa shape index (κ1) is 25.7. The maximum Gasteiger partial charge on any atom is 0.273 e. The fourth-order valence-electron chi connectivity index (χ4n) is 5.40. The third kappa shape index (κ3) is 4.60. The number of hydrogen-bond donors (Lipinski definition) is 4. The first-order valence-electron chi connectivity index (χ1n) is 13.1. The highest BCUT2D eigenvalue weighted by atomic mass is 32.1. The molecule has 206 valence electrons. The summed E-state index contributed by atoms with van der Waals surface area (Å²) < 4.78 is 15.1. The Bertz CT molecular complexity index is 1610. The van der Waals surface area contributed by atoms with E-state index in [2.05, 4.69) is 14.7 Å². The summed E-state index contributed by atoms with van der Waals surface area (Å²) >= 11 is 0.764. The minimum atomic E-state index is -1.09. The van der Waals surface area contributed by atoms with E-state index in [0.29, 0.717) is 22.7 Å². The van der Waals surface area contributed by atoms with E-state index >= 15 is 0 Å². The summed E-state index contributed by atoms with van der Waals surface area (Å²) in [4.78, 5) is 45.1. The Kier molecular flexibility index (Phi) is 6.76. The van der Waals surface area contributed by atoms with Gasteiger partial charge in [0, 0.05) is 40.5 Å². The fourth-order valence-corrected chi connectivity index (χ4v) is 6.14. The van der Waals surface area contributed by atoms with E-state index in [1.54, 1.807) is 24.4 Å².